The molecule has 0 atom stereocenters. The highest BCUT2D eigenvalue weighted by Crippen LogP contribution is 2.30. The van der Waals surface area contributed by atoms with E-state index in [1.807, 2.05) is 6.07 Å². The molecule has 2 N–H and O–H groups in total. The molecule has 0 aliphatic rings. The van der Waals surface area contributed by atoms with Gasteiger partial charge in [-0.2, -0.15) is 5.10 Å². The molecule has 0 fully saturated rings. The molecule has 0 unspecified atom stereocenters. The molecule has 12 nitrogen and oxygen atoms in total. The second-order valence-corrected chi connectivity index (χ2v) is 7.55. The first-order valence-corrected chi connectivity index (χ1v) is 10.3. The number of aromatic amines is 1. The smallest absolute Gasteiger partial charge is 0.294 e. The highest BCUT2D eigenvalue weighted by atomic mass is 32.1. The second-order valence-electron chi connectivity index (χ2n) is 6.63. The quantitative estimate of drug-likeness (QED) is 0.361. The Hall–Kier alpha value is -4.13. The summed E-state index contributed by atoms with van der Waals surface area (Å²) in [6.07, 6.45) is 6.81. The van der Waals surface area contributed by atoms with Gasteiger partial charge >= 0.3 is 0 Å². The van der Waals surface area contributed by atoms with E-state index < -0.39 is 0 Å². The Bertz CT molecular complexity index is 1360. The third-order valence-corrected chi connectivity index (χ3v) is 5.46. The van der Waals surface area contributed by atoms with E-state index in [0.717, 1.165) is 0 Å². The number of carbonyl (C=O) groups excluding carboxylic acids is 1. The molecule has 0 saturated carbocycles. The summed E-state index contributed by atoms with van der Waals surface area (Å²) in [7, 11) is 3.11. The number of methoxy groups -OCH3 is 2. The summed E-state index contributed by atoms with van der Waals surface area (Å²) < 4.78 is 19.5. The largest absolute Gasteiger partial charge is 0.495 e. The predicted molar refractivity (Wildman–Crippen MR) is 114 cm³/mol. The summed E-state index contributed by atoms with van der Waals surface area (Å²) in [5.41, 5.74) is 1.94. The maximum absolute atomic E-state index is 12.2. The van der Waals surface area contributed by atoms with E-state index in [4.69, 9.17) is 14.2 Å². The first kappa shape index (κ1) is 19.8. The first-order chi connectivity index (χ1) is 15.6. The summed E-state index contributed by atoms with van der Waals surface area (Å²) in [5.74, 6) is 1.37. The molecule has 5 aromatic rings. The van der Waals surface area contributed by atoms with Gasteiger partial charge in [-0.25, -0.2) is 19.0 Å². The van der Waals surface area contributed by atoms with Crippen molar-refractivity contribution < 1.29 is 19.0 Å². The lowest BCUT2D eigenvalue weighted by Crippen LogP contribution is -2.28. The van der Waals surface area contributed by atoms with E-state index >= 15 is 0 Å². The minimum atomic E-state index is -0.281. The number of carbonyl (C=O) groups is 1. The number of ether oxygens (including phenoxy) is 3. The van der Waals surface area contributed by atoms with Crippen molar-refractivity contribution in [1.29, 1.82) is 0 Å². The van der Waals surface area contributed by atoms with Crippen LogP contribution in [0.2, 0.25) is 0 Å². The van der Waals surface area contributed by atoms with Crippen LogP contribution in [0.5, 0.6) is 16.7 Å². The van der Waals surface area contributed by atoms with Crippen molar-refractivity contribution in [2.24, 2.45) is 0 Å². The summed E-state index contributed by atoms with van der Waals surface area (Å²) in [6.45, 7) is 0.115. The molecular formula is C19H18N8O4S. The van der Waals surface area contributed by atoms with Gasteiger partial charge in [-0.1, -0.05) is 0 Å². The average Bonchev–Trinajstić information content (AvgIpc) is 3.57. The number of imidazole rings is 2. The van der Waals surface area contributed by atoms with E-state index in [2.05, 4.69) is 30.5 Å². The number of pyridine rings is 1. The Morgan fingerprint density at radius 3 is 2.81 bits per heavy atom. The zero-order valence-electron chi connectivity index (χ0n) is 17.1. The van der Waals surface area contributed by atoms with Crippen LogP contribution in [0.25, 0.3) is 21.9 Å². The summed E-state index contributed by atoms with van der Waals surface area (Å²) in [4.78, 5) is 24.4. The summed E-state index contributed by atoms with van der Waals surface area (Å²) in [6, 6.07) is 3.54. The van der Waals surface area contributed by atoms with Crippen LogP contribution in [-0.4, -0.2) is 60.9 Å². The van der Waals surface area contributed by atoms with Crippen LogP contribution in [0.1, 0.15) is 5.82 Å². The van der Waals surface area contributed by atoms with Gasteiger partial charge in [-0.15, -0.1) is 5.10 Å². The zero-order valence-corrected chi connectivity index (χ0v) is 17.9. The number of fused-ring (bicyclic) bond motifs is 2. The first-order valence-electron chi connectivity index (χ1n) is 9.48. The number of aromatic nitrogens is 7. The van der Waals surface area contributed by atoms with Crippen molar-refractivity contribution in [1.82, 2.24) is 39.5 Å². The highest BCUT2D eigenvalue weighted by Gasteiger charge is 2.16. The molecule has 0 saturated heterocycles. The molecule has 1 amide bonds. The zero-order chi connectivity index (χ0) is 22.1. The Labute approximate surface area is 184 Å². The number of H-pyrrole nitrogens is 1. The van der Waals surface area contributed by atoms with Gasteiger partial charge in [0, 0.05) is 18.5 Å². The van der Waals surface area contributed by atoms with Crippen molar-refractivity contribution in [3.8, 4) is 28.1 Å². The lowest BCUT2D eigenvalue weighted by molar-refractivity contribution is -0.123. The lowest BCUT2D eigenvalue weighted by atomic mass is 10.3. The van der Waals surface area contributed by atoms with Crippen molar-refractivity contribution >= 4 is 27.7 Å². The standard InChI is InChI=1S/C19H18N8O4S/c1-29-11-5-15(31-10-17(28)22-7-16-20-3-4-21-16)14-6-12(24-26(14)8-11)13-9-27-18(23-13)32-19(25-27)30-2/h3-6,8-9H,7,10H2,1-2H3,(H,20,21)(H,22,28). The van der Waals surface area contributed by atoms with Gasteiger partial charge in [0.1, 0.15) is 34.2 Å². The topological polar surface area (TPSA) is 133 Å². The molecule has 0 aliphatic carbocycles. The van der Waals surface area contributed by atoms with Crippen LogP contribution < -0.4 is 19.5 Å². The Morgan fingerprint density at radius 2 is 2.06 bits per heavy atom. The van der Waals surface area contributed by atoms with Gasteiger partial charge in [0.25, 0.3) is 11.1 Å². The molecule has 5 heterocycles. The number of nitrogens with one attached hydrogen (secondary N) is 2. The van der Waals surface area contributed by atoms with Crippen molar-refractivity contribution in [2.75, 3.05) is 20.8 Å². The predicted octanol–water partition coefficient (Wildman–Crippen LogP) is 1.54. The normalized spacial score (nSPS) is 11.2. The fraction of sp³-hybridized carbons (Fsp3) is 0.211. The molecular weight excluding hydrogens is 436 g/mol. The van der Waals surface area contributed by atoms with Gasteiger partial charge in [0.05, 0.1) is 33.2 Å². The van der Waals surface area contributed by atoms with Gasteiger partial charge in [0.15, 0.2) is 6.61 Å². The maximum Gasteiger partial charge on any atom is 0.294 e. The fourth-order valence-electron chi connectivity index (χ4n) is 3.05. The van der Waals surface area contributed by atoms with E-state index in [1.54, 1.807) is 54.1 Å². The van der Waals surface area contributed by atoms with Gasteiger partial charge in [-0.05, 0) is 17.4 Å². The molecule has 32 heavy (non-hydrogen) atoms. The molecule has 13 heteroatoms. The number of amides is 1. The molecule has 0 bridgehead atoms. The van der Waals surface area contributed by atoms with Crippen LogP contribution in [0.3, 0.4) is 0 Å². The van der Waals surface area contributed by atoms with E-state index in [0.29, 0.717) is 44.4 Å². The molecule has 164 valence electrons. The van der Waals surface area contributed by atoms with Crippen LogP contribution >= 0.6 is 11.3 Å². The molecule has 0 radical (unpaired) electrons. The lowest BCUT2D eigenvalue weighted by Gasteiger charge is -2.09. The van der Waals surface area contributed by atoms with Crippen molar-refractivity contribution in [3.05, 3.63) is 42.7 Å². The van der Waals surface area contributed by atoms with Crippen LogP contribution in [-0.2, 0) is 11.3 Å². The Morgan fingerprint density at radius 1 is 1.16 bits per heavy atom. The minimum Gasteiger partial charge on any atom is -0.495 e. The number of rotatable bonds is 8. The minimum absolute atomic E-state index is 0.173. The third-order valence-electron chi connectivity index (χ3n) is 4.58. The molecule has 0 aliphatic heterocycles. The number of hydrogen-bond donors (Lipinski definition) is 2. The summed E-state index contributed by atoms with van der Waals surface area (Å²) >= 11 is 1.33. The number of hydrogen-bond acceptors (Lipinski definition) is 9. The monoisotopic (exact) mass is 454 g/mol. The fourth-order valence-corrected chi connectivity index (χ4v) is 3.75. The van der Waals surface area contributed by atoms with Crippen molar-refractivity contribution in [2.45, 2.75) is 6.54 Å². The highest BCUT2D eigenvalue weighted by molar-refractivity contribution is 7.18. The number of nitrogens with zero attached hydrogens (tertiary/aromatic N) is 6. The van der Waals surface area contributed by atoms with Crippen molar-refractivity contribution in [3.63, 3.8) is 0 Å². The van der Waals surface area contributed by atoms with E-state index in [-0.39, 0.29) is 19.1 Å². The molecule has 5 rings (SSSR count). The Balaban J connectivity index is 1.38. The van der Waals surface area contributed by atoms with Crippen LogP contribution in [0.4, 0.5) is 0 Å². The Kier molecular flexibility index (Phi) is 5.07. The maximum atomic E-state index is 12.2. The molecule has 5 aromatic heterocycles. The summed E-state index contributed by atoms with van der Waals surface area (Å²) in [5, 5.41) is 12.1. The average molecular weight is 454 g/mol. The van der Waals surface area contributed by atoms with E-state index in [1.165, 1.54) is 11.3 Å². The van der Waals surface area contributed by atoms with Gasteiger partial charge in [0.2, 0.25) is 4.96 Å². The van der Waals surface area contributed by atoms with Crippen LogP contribution in [0.15, 0.2) is 36.9 Å². The molecule has 0 spiro atoms. The second kappa shape index (κ2) is 8.19. The van der Waals surface area contributed by atoms with Gasteiger partial charge < -0.3 is 24.5 Å². The SMILES string of the molecule is COc1cc(OCC(=O)NCc2ncc[nH]2)c2cc(-c3cn4nc(OC)sc4n3)nn2c1. The third kappa shape index (κ3) is 3.80. The van der Waals surface area contributed by atoms with E-state index in [9.17, 15) is 4.79 Å². The molecule has 0 aromatic carbocycles. The van der Waals surface area contributed by atoms with Crippen LogP contribution in [0, 0.1) is 0 Å². The van der Waals surface area contributed by atoms with Gasteiger partial charge in [-0.3, -0.25) is 4.79 Å².